The van der Waals surface area contributed by atoms with E-state index in [0.717, 1.165) is 57.3 Å². The number of carbonyl (C=O) groups excluding carboxylic acids is 2. The zero-order chi connectivity index (χ0) is 18.9. The van der Waals surface area contributed by atoms with Gasteiger partial charge in [-0.25, -0.2) is 0 Å². The van der Waals surface area contributed by atoms with Crippen molar-refractivity contribution in [2.24, 2.45) is 5.41 Å². The highest BCUT2D eigenvalue weighted by Gasteiger charge is 2.54. The highest BCUT2D eigenvalue weighted by atomic mass is 16.3. The van der Waals surface area contributed by atoms with Gasteiger partial charge in [-0.2, -0.15) is 0 Å². The van der Waals surface area contributed by atoms with Crippen molar-refractivity contribution in [1.82, 2.24) is 9.80 Å². The van der Waals surface area contributed by atoms with E-state index in [9.17, 15) is 9.59 Å². The van der Waals surface area contributed by atoms with Crippen molar-refractivity contribution in [3.8, 4) is 0 Å². The molecule has 1 saturated carbocycles. The second-order valence-electron chi connectivity index (χ2n) is 8.67. The third-order valence-electron chi connectivity index (χ3n) is 6.77. The number of hydrogen-bond donors (Lipinski definition) is 1. The van der Waals surface area contributed by atoms with Crippen LogP contribution in [0.1, 0.15) is 50.5 Å². The molecule has 0 bridgehead atoms. The molecule has 0 radical (unpaired) electrons. The van der Waals surface area contributed by atoms with Crippen molar-refractivity contribution >= 4 is 11.8 Å². The molecule has 1 aromatic carbocycles. The first-order valence-corrected chi connectivity index (χ1v) is 10.3. The van der Waals surface area contributed by atoms with E-state index in [0.29, 0.717) is 19.4 Å². The van der Waals surface area contributed by atoms with E-state index in [1.165, 1.54) is 0 Å². The first-order chi connectivity index (χ1) is 13.1. The molecule has 1 atom stereocenters. The van der Waals surface area contributed by atoms with Crippen molar-refractivity contribution in [3.05, 3.63) is 35.9 Å². The van der Waals surface area contributed by atoms with Crippen LogP contribution in [-0.4, -0.2) is 59.5 Å². The Balaban J connectivity index is 1.48. The predicted octanol–water partition coefficient (Wildman–Crippen LogP) is 2.33. The molecule has 146 valence electrons. The summed E-state index contributed by atoms with van der Waals surface area (Å²) in [7, 11) is 0. The number of amides is 2. The second kappa shape index (κ2) is 7.27. The summed E-state index contributed by atoms with van der Waals surface area (Å²) in [5.41, 5.74) is 0.878. The molecule has 2 aliphatic heterocycles. The molecule has 1 spiro atoms. The molecule has 27 heavy (non-hydrogen) atoms. The number of likely N-dealkylation sites (tertiary alicyclic amines) is 2. The normalized spacial score (nSPS) is 27.1. The fourth-order valence-electron chi connectivity index (χ4n) is 5.09. The minimum atomic E-state index is -0.305. The van der Waals surface area contributed by atoms with Crippen molar-refractivity contribution < 1.29 is 14.7 Å². The smallest absolute Gasteiger partial charge is 0.233 e. The second-order valence-corrected chi connectivity index (χ2v) is 8.67. The van der Waals surface area contributed by atoms with E-state index in [1.807, 2.05) is 23.1 Å². The molecule has 2 saturated heterocycles. The van der Waals surface area contributed by atoms with E-state index in [1.54, 1.807) is 0 Å². The van der Waals surface area contributed by atoms with Crippen molar-refractivity contribution in [2.45, 2.75) is 50.4 Å². The third-order valence-corrected chi connectivity index (χ3v) is 6.77. The Morgan fingerprint density at radius 1 is 1.07 bits per heavy atom. The van der Waals surface area contributed by atoms with Crippen LogP contribution < -0.4 is 0 Å². The number of aliphatic hydroxyl groups is 1. The Kier molecular flexibility index (Phi) is 4.97. The molecule has 1 aliphatic carbocycles. The number of aliphatic hydroxyl groups excluding tert-OH is 1. The summed E-state index contributed by atoms with van der Waals surface area (Å²) in [4.78, 5) is 29.7. The molecule has 1 aromatic rings. The molecular formula is C22H30N2O3. The first-order valence-electron chi connectivity index (χ1n) is 10.3. The van der Waals surface area contributed by atoms with Gasteiger partial charge in [-0.3, -0.25) is 9.59 Å². The Morgan fingerprint density at radius 2 is 1.85 bits per heavy atom. The number of piperidine rings is 2. The SMILES string of the molecule is O=C1CC[C@]2(CCCN(C(=O)C3(c4ccccc4)CC3)C2)CN1CCCO. The molecular weight excluding hydrogens is 340 g/mol. The Bertz CT molecular complexity index is 701. The average Bonchev–Trinajstić information content (AvgIpc) is 3.51. The number of nitrogens with zero attached hydrogens (tertiary/aromatic N) is 2. The van der Waals surface area contributed by atoms with Crippen molar-refractivity contribution in [1.29, 1.82) is 0 Å². The number of rotatable bonds is 5. The summed E-state index contributed by atoms with van der Waals surface area (Å²) in [5, 5.41) is 9.11. The number of hydrogen-bond acceptors (Lipinski definition) is 3. The van der Waals surface area contributed by atoms with E-state index in [-0.39, 0.29) is 29.3 Å². The molecule has 3 fully saturated rings. The van der Waals surface area contributed by atoms with Crippen LogP contribution in [0.5, 0.6) is 0 Å². The molecule has 2 heterocycles. The van der Waals surface area contributed by atoms with E-state index in [2.05, 4.69) is 17.0 Å². The topological polar surface area (TPSA) is 60.9 Å². The van der Waals surface area contributed by atoms with Gasteiger partial charge < -0.3 is 14.9 Å². The van der Waals surface area contributed by atoms with Crippen LogP contribution in [-0.2, 0) is 15.0 Å². The molecule has 0 unspecified atom stereocenters. The summed E-state index contributed by atoms with van der Waals surface area (Å²) in [6, 6.07) is 10.2. The van der Waals surface area contributed by atoms with E-state index >= 15 is 0 Å². The lowest BCUT2D eigenvalue weighted by Crippen LogP contribution is -2.56. The maximum atomic E-state index is 13.4. The van der Waals surface area contributed by atoms with Crippen molar-refractivity contribution in [2.75, 3.05) is 32.8 Å². The van der Waals surface area contributed by atoms with Crippen LogP contribution in [0.25, 0.3) is 0 Å². The van der Waals surface area contributed by atoms with Crippen LogP contribution in [0.3, 0.4) is 0 Å². The molecule has 5 nitrogen and oxygen atoms in total. The summed E-state index contributed by atoms with van der Waals surface area (Å²) in [6.07, 6.45) is 6.06. The maximum Gasteiger partial charge on any atom is 0.233 e. The third kappa shape index (κ3) is 3.49. The van der Waals surface area contributed by atoms with Gasteiger partial charge >= 0.3 is 0 Å². The van der Waals surface area contributed by atoms with E-state index < -0.39 is 0 Å². The number of carbonyl (C=O) groups is 2. The van der Waals surface area contributed by atoms with Crippen LogP contribution in [0, 0.1) is 5.41 Å². The van der Waals surface area contributed by atoms with E-state index in [4.69, 9.17) is 5.11 Å². The Labute approximate surface area is 161 Å². The van der Waals surface area contributed by atoms with Crippen LogP contribution in [0.2, 0.25) is 0 Å². The Morgan fingerprint density at radius 3 is 2.56 bits per heavy atom. The fourth-order valence-corrected chi connectivity index (χ4v) is 5.09. The minimum Gasteiger partial charge on any atom is -0.396 e. The standard InChI is InChI=1S/C22H30N2O3/c25-15-5-14-23-16-21(10-8-19(23)26)9-4-13-24(17-21)20(27)22(11-12-22)18-6-2-1-3-7-18/h1-3,6-7,25H,4-5,8-17H2/t21-/m1/s1. The van der Waals surface area contributed by atoms with Gasteiger partial charge in [0, 0.05) is 44.6 Å². The highest BCUT2D eigenvalue weighted by molar-refractivity contribution is 5.91. The van der Waals surface area contributed by atoms with Gasteiger partial charge in [0.25, 0.3) is 0 Å². The van der Waals surface area contributed by atoms with Crippen LogP contribution in [0.4, 0.5) is 0 Å². The summed E-state index contributed by atoms with van der Waals surface area (Å²) >= 11 is 0. The zero-order valence-electron chi connectivity index (χ0n) is 16.0. The van der Waals surface area contributed by atoms with Gasteiger partial charge in [-0.15, -0.1) is 0 Å². The average molecular weight is 370 g/mol. The molecule has 0 aromatic heterocycles. The van der Waals surface area contributed by atoms with Gasteiger partial charge in [0.05, 0.1) is 5.41 Å². The van der Waals surface area contributed by atoms with Crippen LogP contribution in [0.15, 0.2) is 30.3 Å². The molecule has 2 amide bonds. The molecule has 3 aliphatic rings. The minimum absolute atomic E-state index is 0.0318. The summed E-state index contributed by atoms with van der Waals surface area (Å²) in [6.45, 7) is 3.07. The fraction of sp³-hybridized carbons (Fsp3) is 0.636. The molecule has 1 N–H and O–H groups in total. The molecule has 4 rings (SSSR count). The number of benzene rings is 1. The highest BCUT2D eigenvalue weighted by Crippen LogP contribution is 2.51. The lowest BCUT2D eigenvalue weighted by molar-refractivity contribution is -0.144. The van der Waals surface area contributed by atoms with Crippen molar-refractivity contribution in [3.63, 3.8) is 0 Å². The van der Waals surface area contributed by atoms with Crippen LogP contribution >= 0.6 is 0 Å². The largest absolute Gasteiger partial charge is 0.396 e. The molecule has 5 heteroatoms. The Hall–Kier alpha value is -1.88. The van der Waals surface area contributed by atoms with Gasteiger partial charge in [0.15, 0.2) is 0 Å². The lowest BCUT2D eigenvalue weighted by atomic mass is 9.73. The van der Waals surface area contributed by atoms with Gasteiger partial charge in [-0.1, -0.05) is 30.3 Å². The maximum absolute atomic E-state index is 13.4. The zero-order valence-corrected chi connectivity index (χ0v) is 16.0. The van der Waals surface area contributed by atoms with Gasteiger partial charge in [-0.05, 0) is 44.1 Å². The monoisotopic (exact) mass is 370 g/mol. The summed E-state index contributed by atoms with van der Waals surface area (Å²) in [5.74, 6) is 0.479. The first kappa shape index (κ1) is 18.5. The quantitative estimate of drug-likeness (QED) is 0.865. The van der Waals surface area contributed by atoms with Gasteiger partial charge in [0.1, 0.15) is 0 Å². The summed E-state index contributed by atoms with van der Waals surface area (Å²) < 4.78 is 0. The lowest BCUT2D eigenvalue weighted by Gasteiger charge is -2.49. The predicted molar refractivity (Wildman–Crippen MR) is 103 cm³/mol. The van der Waals surface area contributed by atoms with Gasteiger partial charge in [0.2, 0.25) is 11.8 Å².